The fraction of sp³-hybridized carbons (Fsp3) is 0.462. The van der Waals surface area contributed by atoms with Crippen molar-refractivity contribution in [1.82, 2.24) is 0 Å². The molecule has 98 valence electrons. The van der Waals surface area contributed by atoms with Crippen molar-refractivity contribution in [2.45, 2.75) is 25.3 Å². The highest BCUT2D eigenvalue weighted by molar-refractivity contribution is 6.33. The van der Waals surface area contributed by atoms with Crippen LogP contribution in [0.15, 0.2) is 18.2 Å². The average molecular weight is 268 g/mol. The van der Waals surface area contributed by atoms with Crippen LogP contribution in [0.2, 0.25) is 5.02 Å². The van der Waals surface area contributed by atoms with Crippen molar-refractivity contribution in [2.75, 3.05) is 18.1 Å². The van der Waals surface area contributed by atoms with Crippen molar-refractivity contribution in [3.05, 3.63) is 28.8 Å². The second kappa shape index (κ2) is 5.59. The Labute approximate surface area is 112 Å². The molecule has 4 nitrogen and oxygen atoms in total. The summed E-state index contributed by atoms with van der Waals surface area (Å²) in [5.74, 6) is 0.0146. The first-order valence-electron chi connectivity index (χ1n) is 6.15. The van der Waals surface area contributed by atoms with Gasteiger partial charge in [0.25, 0.3) is 0 Å². The van der Waals surface area contributed by atoms with E-state index in [4.69, 9.17) is 27.9 Å². The molecule has 0 amide bonds. The van der Waals surface area contributed by atoms with Crippen LogP contribution in [0, 0.1) is 5.41 Å². The third-order valence-corrected chi connectivity index (χ3v) is 3.73. The van der Waals surface area contributed by atoms with E-state index in [9.17, 15) is 0 Å². The van der Waals surface area contributed by atoms with Gasteiger partial charge in [-0.05, 0) is 37.5 Å². The SMILES string of the molecule is N=C(N)c1ccc(N(CCO)C2CCC2)c(Cl)c1. The van der Waals surface area contributed by atoms with Gasteiger partial charge in [0, 0.05) is 18.2 Å². The number of rotatable bonds is 5. The first-order chi connectivity index (χ1) is 8.63. The number of hydrogen-bond acceptors (Lipinski definition) is 3. The van der Waals surface area contributed by atoms with Crippen molar-refractivity contribution < 1.29 is 5.11 Å². The summed E-state index contributed by atoms with van der Waals surface area (Å²) in [6.45, 7) is 0.699. The Morgan fingerprint density at radius 2 is 2.22 bits per heavy atom. The summed E-state index contributed by atoms with van der Waals surface area (Å²) < 4.78 is 0. The number of hydrogen-bond donors (Lipinski definition) is 3. The molecule has 0 atom stereocenters. The third kappa shape index (κ3) is 2.60. The lowest BCUT2D eigenvalue weighted by Crippen LogP contribution is -2.42. The topological polar surface area (TPSA) is 73.3 Å². The van der Waals surface area contributed by atoms with E-state index in [1.807, 2.05) is 6.07 Å². The number of nitrogens with one attached hydrogen (secondary N) is 1. The molecule has 0 radical (unpaired) electrons. The summed E-state index contributed by atoms with van der Waals surface area (Å²) in [5, 5.41) is 17.1. The predicted molar refractivity (Wildman–Crippen MR) is 74.5 cm³/mol. The van der Waals surface area contributed by atoms with Crippen molar-refractivity contribution in [3.63, 3.8) is 0 Å². The van der Waals surface area contributed by atoms with Crippen molar-refractivity contribution >= 4 is 23.1 Å². The number of halogens is 1. The normalized spacial score (nSPS) is 15.2. The van der Waals surface area contributed by atoms with E-state index in [0.717, 1.165) is 18.5 Å². The summed E-state index contributed by atoms with van der Waals surface area (Å²) in [5.41, 5.74) is 6.98. The van der Waals surface area contributed by atoms with Crippen LogP contribution in [0.25, 0.3) is 0 Å². The Morgan fingerprint density at radius 1 is 1.50 bits per heavy atom. The van der Waals surface area contributed by atoms with Gasteiger partial charge in [0.15, 0.2) is 0 Å². The number of aliphatic hydroxyl groups is 1. The molecule has 1 fully saturated rings. The molecule has 0 aliphatic heterocycles. The maximum atomic E-state index is 9.16. The highest BCUT2D eigenvalue weighted by Crippen LogP contribution is 2.34. The van der Waals surface area contributed by atoms with Crippen LogP contribution in [0.3, 0.4) is 0 Å². The first kappa shape index (κ1) is 13.2. The quantitative estimate of drug-likeness (QED) is 0.564. The molecule has 0 heterocycles. The Balaban J connectivity index is 2.26. The number of aliphatic hydroxyl groups excluding tert-OH is 1. The zero-order valence-corrected chi connectivity index (χ0v) is 11.0. The summed E-state index contributed by atoms with van der Waals surface area (Å²) in [4.78, 5) is 2.15. The summed E-state index contributed by atoms with van der Waals surface area (Å²) in [7, 11) is 0. The molecule has 5 heteroatoms. The molecule has 0 saturated heterocycles. The molecule has 2 rings (SSSR count). The van der Waals surface area contributed by atoms with Gasteiger partial charge >= 0.3 is 0 Å². The van der Waals surface area contributed by atoms with Crippen LogP contribution in [-0.2, 0) is 0 Å². The van der Waals surface area contributed by atoms with Crippen molar-refractivity contribution in [2.24, 2.45) is 5.73 Å². The maximum Gasteiger partial charge on any atom is 0.122 e. The summed E-state index contributed by atoms with van der Waals surface area (Å²) >= 11 is 6.25. The first-order valence-corrected chi connectivity index (χ1v) is 6.52. The minimum atomic E-state index is 0.0146. The van der Waals surface area contributed by atoms with Gasteiger partial charge in [-0.25, -0.2) is 0 Å². The second-order valence-electron chi connectivity index (χ2n) is 4.58. The molecule has 0 aromatic heterocycles. The standard InChI is InChI=1S/C13H18ClN3O/c14-11-8-9(13(15)16)4-5-12(11)17(6-7-18)10-2-1-3-10/h4-5,8,10,18H,1-3,6-7H2,(H3,15,16). The fourth-order valence-corrected chi connectivity index (χ4v) is 2.50. The molecule has 1 aliphatic rings. The average Bonchev–Trinajstić information content (AvgIpc) is 2.26. The lowest BCUT2D eigenvalue weighted by Gasteiger charge is -2.39. The molecule has 1 aromatic rings. The zero-order chi connectivity index (χ0) is 13.1. The van der Waals surface area contributed by atoms with Crippen molar-refractivity contribution in [1.29, 1.82) is 5.41 Å². The molecule has 0 bridgehead atoms. The zero-order valence-electron chi connectivity index (χ0n) is 10.2. The summed E-state index contributed by atoms with van der Waals surface area (Å²) in [6, 6.07) is 5.86. The minimum absolute atomic E-state index is 0.0146. The van der Waals surface area contributed by atoms with E-state index >= 15 is 0 Å². The van der Waals surface area contributed by atoms with E-state index in [1.165, 1.54) is 6.42 Å². The summed E-state index contributed by atoms with van der Waals surface area (Å²) in [6.07, 6.45) is 3.52. The molecule has 0 unspecified atom stereocenters. The maximum absolute atomic E-state index is 9.16. The monoisotopic (exact) mass is 267 g/mol. The van der Waals surface area contributed by atoms with Gasteiger partial charge < -0.3 is 15.7 Å². The lowest BCUT2D eigenvalue weighted by atomic mass is 9.91. The Bertz CT molecular complexity index is 446. The van der Waals surface area contributed by atoms with Gasteiger partial charge in [0.1, 0.15) is 5.84 Å². The molecular formula is C13H18ClN3O. The molecule has 1 saturated carbocycles. The largest absolute Gasteiger partial charge is 0.395 e. The molecule has 1 aromatic carbocycles. The minimum Gasteiger partial charge on any atom is -0.395 e. The molecular weight excluding hydrogens is 250 g/mol. The van der Waals surface area contributed by atoms with Gasteiger partial charge in [0.05, 0.1) is 17.3 Å². The molecule has 4 N–H and O–H groups in total. The van der Waals surface area contributed by atoms with Gasteiger partial charge in [0.2, 0.25) is 0 Å². The number of benzene rings is 1. The molecule has 18 heavy (non-hydrogen) atoms. The van der Waals surface area contributed by atoms with Crippen LogP contribution >= 0.6 is 11.6 Å². The van der Waals surface area contributed by atoms with E-state index in [1.54, 1.807) is 12.1 Å². The van der Waals surface area contributed by atoms with Crippen LogP contribution in [0.1, 0.15) is 24.8 Å². The second-order valence-corrected chi connectivity index (χ2v) is 4.99. The van der Waals surface area contributed by atoms with E-state index in [2.05, 4.69) is 4.90 Å². The van der Waals surface area contributed by atoms with E-state index in [0.29, 0.717) is 23.2 Å². The predicted octanol–water partition coefficient (Wildman–Crippen LogP) is 1.98. The molecule has 0 spiro atoms. The van der Waals surface area contributed by atoms with Crippen LogP contribution < -0.4 is 10.6 Å². The van der Waals surface area contributed by atoms with Gasteiger partial charge in [-0.15, -0.1) is 0 Å². The van der Waals surface area contributed by atoms with Crippen LogP contribution in [0.5, 0.6) is 0 Å². The molecule has 1 aliphatic carbocycles. The lowest BCUT2D eigenvalue weighted by molar-refractivity contribution is 0.283. The third-order valence-electron chi connectivity index (χ3n) is 3.42. The fourth-order valence-electron chi connectivity index (χ4n) is 2.21. The van der Waals surface area contributed by atoms with Gasteiger partial charge in [-0.3, -0.25) is 5.41 Å². The number of amidine groups is 1. The number of nitrogen functional groups attached to an aromatic ring is 1. The van der Waals surface area contributed by atoms with Gasteiger partial charge in [-0.1, -0.05) is 11.6 Å². The Morgan fingerprint density at radius 3 is 2.67 bits per heavy atom. The van der Waals surface area contributed by atoms with Crippen LogP contribution in [0.4, 0.5) is 5.69 Å². The highest BCUT2D eigenvalue weighted by atomic mass is 35.5. The van der Waals surface area contributed by atoms with Crippen molar-refractivity contribution in [3.8, 4) is 0 Å². The Kier molecular flexibility index (Phi) is 4.09. The number of nitrogens with two attached hydrogens (primary N) is 1. The Hall–Kier alpha value is -1.26. The smallest absolute Gasteiger partial charge is 0.122 e. The number of nitrogens with zero attached hydrogens (tertiary/aromatic N) is 1. The van der Waals surface area contributed by atoms with E-state index < -0.39 is 0 Å². The highest BCUT2D eigenvalue weighted by Gasteiger charge is 2.26. The van der Waals surface area contributed by atoms with Gasteiger partial charge in [-0.2, -0.15) is 0 Å². The number of anilines is 1. The van der Waals surface area contributed by atoms with Crippen LogP contribution in [-0.4, -0.2) is 30.1 Å². The van der Waals surface area contributed by atoms with E-state index in [-0.39, 0.29) is 12.4 Å².